The lowest BCUT2D eigenvalue weighted by Crippen LogP contribution is -2.40. The van der Waals surface area contributed by atoms with Crippen LogP contribution in [0.3, 0.4) is 0 Å². The first-order valence-corrected chi connectivity index (χ1v) is 13.4. The molecule has 0 spiro atoms. The van der Waals surface area contributed by atoms with Crippen LogP contribution in [-0.4, -0.2) is 30.3 Å². The average molecular weight is 501 g/mol. The van der Waals surface area contributed by atoms with E-state index in [9.17, 15) is 14.0 Å². The van der Waals surface area contributed by atoms with Gasteiger partial charge in [-0.05, 0) is 54.0 Å². The number of carbonyl (C=O) groups is 2. The molecule has 0 aromatic heterocycles. The van der Waals surface area contributed by atoms with E-state index in [1.54, 1.807) is 6.92 Å². The molecule has 0 atom stereocenters. The molecule has 0 saturated heterocycles. The van der Waals surface area contributed by atoms with Gasteiger partial charge in [0.25, 0.3) is 0 Å². The van der Waals surface area contributed by atoms with Crippen LogP contribution in [0.5, 0.6) is 5.75 Å². The Hall–Kier alpha value is -3.95. The maximum absolute atomic E-state index is 14.0. The van der Waals surface area contributed by atoms with Crippen molar-refractivity contribution in [2.75, 3.05) is 13.2 Å². The molecular weight excluding hydrogens is 474 g/mol. The van der Waals surface area contributed by atoms with Crippen LogP contribution >= 0.6 is 6.89 Å². The van der Waals surface area contributed by atoms with Crippen LogP contribution in [0.25, 0.3) is 0 Å². The van der Waals surface area contributed by atoms with E-state index in [4.69, 9.17) is 9.47 Å². The Labute approximate surface area is 210 Å². The summed E-state index contributed by atoms with van der Waals surface area (Å²) in [5.41, 5.74) is 0. The number of esters is 1. The van der Waals surface area contributed by atoms with Crippen molar-refractivity contribution in [2.45, 2.75) is 6.92 Å². The highest BCUT2D eigenvalue weighted by Crippen LogP contribution is 2.46. The second-order valence-electron chi connectivity index (χ2n) is 7.91. The fraction of sp³-hybridized carbons (Fsp3) is 0.100. The monoisotopic (exact) mass is 500 g/mol. The minimum absolute atomic E-state index is 0.0510. The summed E-state index contributed by atoms with van der Waals surface area (Å²) < 4.78 is 24.5. The zero-order valence-electron chi connectivity index (χ0n) is 19.8. The first-order chi connectivity index (χ1) is 17.6. The van der Waals surface area contributed by atoms with E-state index in [2.05, 4.69) is 0 Å². The minimum Gasteiger partial charge on any atom is -0.485 e. The Morgan fingerprint density at radius 1 is 0.694 bits per heavy atom. The van der Waals surface area contributed by atoms with Crippen molar-refractivity contribution in [2.24, 2.45) is 0 Å². The Balaban J connectivity index is 2.03. The second kappa shape index (κ2) is 11.7. The smallest absolute Gasteiger partial charge is 0.342 e. The van der Waals surface area contributed by atoms with Gasteiger partial charge in [0.2, 0.25) is 5.78 Å². The highest BCUT2D eigenvalue weighted by atomic mass is 31.2. The van der Waals surface area contributed by atoms with Gasteiger partial charge in [-0.25, -0.2) is 9.18 Å². The molecule has 0 aliphatic rings. The predicted octanol–water partition coefficient (Wildman–Crippen LogP) is 4.50. The third kappa shape index (κ3) is 5.17. The standard InChI is InChI=1S/C30H26FO4P/c1-2-34-30(33)29(28(32)22-35-24-20-18-23(31)19-21-24)36(25-12-6-3-7-13-25,26-14-8-4-9-15-26)27-16-10-5-11-17-27/h3-21H,2,22H2,1H3. The third-order valence-electron chi connectivity index (χ3n) is 5.68. The summed E-state index contributed by atoms with van der Waals surface area (Å²) in [6, 6.07) is 34.2. The fourth-order valence-electron chi connectivity index (χ4n) is 4.17. The van der Waals surface area contributed by atoms with E-state index in [1.807, 2.05) is 91.0 Å². The van der Waals surface area contributed by atoms with Gasteiger partial charge in [-0.1, -0.05) is 91.0 Å². The first-order valence-electron chi connectivity index (χ1n) is 11.6. The van der Waals surface area contributed by atoms with E-state index in [0.717, 1.165) is 15.9 Å². The van der Waals surface area contributed by atoms with Gasteiger partial charge in [-0.2, -0.15) is 0 Å². The molecule has 0 aliphatic carbocycles. The van der Waals surface area contributed by atoms with Crippen molar-refractivity contribution in [3.05, 3.63) is 121 Å². The zero-order valence-corrected chi connectivity index (χ0v) is 20.7. The highest BCUT2D eigenvalue weighted by molar-refractivity contribution is 7.97. The fourth-order valence-corrected chi connectivity index (χ4v) is 8.48. The van der Waals surface area contributed by atoms with E-state index < -0.39 is 31.1 Å². The predicted molar refractivity (Wildman–Crippen MR) is 144 cm³/mol. The molecule has 4 nitrogen and oxygen atoms in total. The summed E-state index contributed by atoms with van der Waals surface area (Å²) in [7, 11) is 0. The Morgan fingerprint density at radius 2 is 1.14 bits per heavy atom. The Morgan fingerprint density at radius 3 is 1.56 bits per heavy atom. The van der Waals surface area contributed by atoms with Crippen molar-refractivity contribution >= 4 is 39.8 Å². The molecule has 6 heteroatoms. The van der Waals surface area contributed by atoms with Crippen molar-refractivity contribution in [1.82, 2.24) is 0 Å². The number of Topliss-reactive ketones (excluding diaryl/α,β-unsaturated/α-hetero) is 1. The largest absolute Gasteiger partial charge is 0.485 e. The van der Waals surface area contributed by atoms with Crippen molar-refractivity contribution < 1.29 is 23.5 Å². The molecule has 36 heavy (non-hydrogen) atoms. The number of benzene rings is 4. The van der Waals surface area contributed by atoms with E-state index in [1.165, 1.54) is 24.3 Å². The number of rotatable bonds is 9. The molecule has 4 rings (SSSR count). The molecule has 0 saturated carbocycles. The van der Waals surface area contributed by atoms with Gasteiger partial charge in [0.05, 0.1) is 6.61 Å². The molecule has 0 fully saturated rings. The number of carbonyl (C=O) groups excluding carboxylic acids is 2. The van der Waals surface area contributed by atoms with E-state index in [-0.39, 0.29) is 11.9 Å². The molecular formula is C30H26FO4P. The van der Waals surface area contributed by atoms with Crippen LogP contribution in [0.1, 0.15) is 6.92 Å². The molecule has 4 aromatic carbocycles. The van der Waals surface area contributed by atoms with Gasteiger partial charge in [-0.3, -0.25) is 4.79 Å². The molecule has 0 amide bonds. The Kier molecular flexibility index (Phi) is 8.14. The third-order valence-corrected chi connectivity index (χ3v) is 10.0. The molecule has 0 bridgehead atoms. The number of hydrogen-bond acceptors (Lipinski definition) is 4. The number of ketones is 1. The molecule has 0 heterocycles. The van der Waals surface area contributed by atoms with Gasteiger partial charge >= 0.3 is 5.97 Å². The van der Waals surface area contributed by atoms with E-state index >= 15 is 0 Å². The zero-order chi connectivity index (χ0) is 25.4. The Bertz CT molecular complexity index is 1270. The van der Waals surface area contributed by atoms with Crippen molar-refractivity contribution in [1.29, 1.82) is 0 Å². The summed E-state index contributed by atoms with van der Waals surface area (Å²) in [6.45, 7) is -1.55. The number of ether oxygens (including phenoxy) is 2. The number of halogens is 1. The SMILES string of the molecule is CCOC(=O)C(C(=O)COc1ccc(F)cc1)=P(c1ccccc1)(c1ccccc1)c1ccccc1. The topological polar surface area (TPSA) is 52.6 Å². The van der Waals surface area contributed by atoms with Gasteiger partial charge < -0.3 is 9.47 Å². The van der Waals surface area contributed by atoms with Gasteiger partial charge in [0.15, 0.2) is 6.61 Å². The van der Waals surface area contributed by atoms with Crippen LogP contribution in [-0.2, 0) is 14.3 Å². The molecule has 182 valence electrons. The molecule has 0 radical (unpaired) electrons. The van der Waals surface area contributed by atoms with Crippen LogP contribution in [0.4, 0.5) is 4.39 Å². The average Bonchev–Trinajstić information content (AvgIpc) is 2.93. The quantitative estimate of drug-likeness (QED) is 0.193. The van der Waals surface area contributed by atoms with Crippen LogP contribution in [0, 0.1) is 5.82 Å². The van der Waals surface area contributed by atoms with Crippen molar-refractivity contribution in [3.8, 4) is 5.75 Å². The molecule has 0 N–H and O–H groups in total. The highest BCUT2D eigenvalue weighted by Gasteiger charge is 2.37. The summed E-state index contributed by atoms with van der Waals surface area (Å²) in [5, 5.41) is 2.59. The minimum atomic E-state index is -2.98. The lowest BCUT2D eigenvalue weighted by Gasteiger charge is -2.31. The van der Waals surface area contributed by atoms with Crippen LogP contribution in [0.2, 0.25) is 0 Å². The molecule has 0 aliphatic heterocycles. The van der Waals surface area contributed by atoms with E-state index in [0.29, 0.717) is 5.75 Å². The lowest BCUT2D eigenvalue weighted by atomic mass is 10.3. The molecule has 4 aromatic rings. The van der Waals surface area contributed by atoms with Crippen LogP contribution < -0.4 is 20.7 Å². The summed E-state index contributed by atoms with van der Waals surface area (Å²) in [4.78, 5) is 27.6. The summed E-state index contributed by atoms with van der Waals surface area (Å²) in [5.74, 6) is -1.23. The second-order valence-corrected chi connectivity index (χ2v) is 11.3. The normalized spacial score (nSPS) is 10.9. The molecule has 0 unspecified atom stereocenters. The number of hydrogen-bond donors (Lipinski definition) is 0. The first kappa shape index (κ1) is 25.2. The summed E-state index contributed by atoms with van der Waals surface area (Å²) >= 11 is 0. The van der Waals surface area contributed by atoms with Gasteiger partial charge in [0, 0.05) is 0 Å². The lowest BCUT2D eigenvalue weighted by molar-refractivity contribution is -0.135. The summed E-state index contributed by atoms with van der Waals surface area (Å²) in [6.07, 6.45) is 0. The van der Waals surface area contributed by atoms with Gasteiger partial charge in [0.1, 0.15) is 16.9 Å². The van der Waals surface area contributed by atoms with Crippen LogP contribution in [0.15, 0.2) is 115 Å². The van der Waals surface area contributed by atoms with Gasteiger partial charge in [-0.15, -0.1) is 0 Å². The maximum Gasteiger partial charge on any atom is 0.342 e. The maximum atomic E-state index is 14.0. The van der Waals surface area contributed by atoms with Crippen molar-refractivity contribution in [3.63, 3.8) is 0 Å².